The van der Waals surface area contributed by atoms with Crippen molar-refractivity contribution in [1.29, 1.82) is 0 Å². The molecule has 0 unspecified atom stereocenters. The van der Waals surface area contributed by atoms with Gasteiger partial charge in [0.2, 0.25) is 18.5 Å². The van der Waals surface area contributed by atoms with Crippen LogP contribution in [-0.4, -0.2) is 18.6 Å². The Morgan fingerprint density at radius 2 is 1.83 bits per heavy atom. The maximum atomic E-state index is 13.0. The van der Waals surface area contributed by atoms with E-state index in [2.05, 4.69) is 10.6 Å². The molecule has 0 saturated heterocycles. The monoisotopic (exact) mass is 420 g/mol. The van der Waals surface area contributed by atoms with Crippen molar-refractivity contribution >= 4 is 45.5 Å². The van der Waals surface area contributed by atoms with Gasteiger partial charge in [-0.25, -0.2) is 0 Å². The molecular weight excluding hydrogens is 404 g/mol. The minimum Gasteiger partial charge on any atom is -0.454 e. The number of furan rings is 1. The molecule has 0 fully saturated rings. The second kappa shape index (κ2) is 7.57. The molecule has 1 aliphatic rings. The van der Waals surface area contributed by atoms with E-state index in [1.807, 2.05) is 29.6 Å². The Balaban J connectivity index is 1.43. The summed E-state index contributed by atoms with van der Waals surface area (Å²) >= 11 is 1.50. The first-order valence-electron chi connectivity index (χ1n) is 9.22. The van der Waals surface area contributed by atoms with Crippen molar-refractivity contribution in [2.45, 2.75) is 6.42 Å². The van der Waals surface area contributed by atoms with Crippen LogP contribution in [0.1, 0.15) is 15.4 Å². The molecule has 7 nitrogen and oxygen atoms in total. The second-order valence-electron chi connectivity index (χ2n) is 6.63. The number of fused-ring (bicyclic) bond motifs is 2. The zero-order valence-electron chi connectivity index (χ0n) is 15.6. The molecule has 0 spiro atoms. The topological polar surface area (TPSA) is 89.8 Å². The maximum Gasteiger partial charge on any atom is 0.293 e. The zero-order valence-corrected chi connectivity index (χ0v) is 16.5. The first kappa shape index (κ1) is 18.3. The number of hydrogen-bond donors (Lipinski definition) is 2. The van der Waals surface area contributed by atoms with Gasteiger partial charge in [0.25, 0.3) is 5.91 Å². The molecule has 3 heterocycles. The standard InChI is InChI=1S/C22H16N2O5S/c25-19(11-14-4-3-9-30-14)24-20-15-5-1-2-6-16(15)29-21(20)22(26)23-13-7-8-17-18(10-13)28-12-27-17/h1-10H,11-12H2,(H,23,26)(H,24,25). The van der Waals surface area contributed by atoms with Gasteiger partial charge in [-0.15, -0.1) is 11.3 Å². The van der Waals surface area contributed by atoms with Crippen LogP contribution in [0.25, 0.3) is 11.0 Å². The van der Waals surface area contributed by atoms with E-state index < -0.39 is 5.91 Å². The summed E-state index contributed by atoms with van der Waals surface area (Å²) in [5.74, 6) is 0.520. The molecule has 0 atom stereocenters. The van der Waals surface area contributed by atoms with Crippen LogP contribution in [0.4, 0.5) is 11.4 Å². The number of para-hydroxylation sites is 1. The average molecular weight is 420 g/mol. The summed E-state index contributed by atoms with van der Waals surface area (Å²) in [5, 5.41) is 8.22. The third-order valence-electron chi connectivity index (χ3n) is 4.61. The van der Waals surface area contributed by atoms with E-state index in [4.69, 9.17) is 13.9 Å². The van der Waals surface area contributed by atoms with Crippen molar-refractivity contribution in [2.24, 2.45) is 0 Å². The van der Waals surface area contributed by atoms with Crippen LogP contribution in [0.3, 0.4) is 0 Å². The fourth-order valence-corrected chi connectivity index (χ4v) is 3.95. The fourth-order valence-electron chi connectivity index (χ4n) is 3.25. The third kappa shape index (κ3) is 3.48. The van der Waals surface area contributed by atoms with Gasteiger partial charge in [-0.2, -0.15) is 0 Å². The highest BCUT2D eigenvalue weighted by Crippen LogP contribution is 2.35. The van der Waals surface area contributed by atoms with Gasteiger partial charge in [-0.3, -0.25) is 9.59 Å². The van der Waals surface area contributed by atoms with Crippen LogP contribution in [0.5, 0.6) is 11.5 Å². The Hall–Kier alpha value is -3.78. The summed E-state index contributed by atoms with van der Waals surface area (Å²) < 4.78 is 16.4. The molecule has 1 aliphatic heterocycles. The van der Waals surface area contributed by atoms with Crippen molar-refractivity contribution < 1.29 is 23.5 Å². The number of rotatable bonds is 5. The minimum atomic E-state index is -0.475. The molecule has 4 aromatic rings. The van der Waals surface area contributed by atoms with Gasteiger partial charge in [0, 0.05) is 22.0 Å². The summed E-state index contributed by atoms with van der Waals surface area (Å²) in [6.45, 7) is 0.150. The quantitative estimate of drug-likeness (QED) is 0.490. The highest BCUT2D eigenvalue weighted by molar-refractivity contribution is 7.10. The molecule has 8 heteroatoms. The SMILES string of the molecule is O=C(Cc1cccs1)Nc1c(C(=O)Nc2ccc3c(c2)OCO3)oc2ccccc12. The number of nitrogens with one attached hydrogen (secondary N) is 2. The molecule has 2 aromatic heterocycles. The number of ether oxygens (including phenoxy) is 2. The van der Waals surface area contributed by atoms with E-state index in [0.29, 0.717) is 33.8 Å². The number of benzene rings is 2. The summed E-state index contributed by atoms with van der Waals surface area (Å²) in [7, 11) is 0. The summed E-state index contributed by atoms with van der Waals surface area (Å²) in [4.78, 5) is 26.5. The average Bonchev–Trinajstić information content (AvgIpc) is 3.48. The molecule has 2 aromatic carbocycles. The lowest BCUT2D eigenvalue weighted by molar-refractivity contribution is -0.115. The van der Waals surface area contributed by atoms with E-state index in [-0.39, 0.29) is 24.9 Å². The van der Waals surface area contributed by atoms with Crippen LogP contribution in [0, 0.1) is 0 Å². The van der Waals surface area contributed by atoms with Gasteiger partial charge in [0.1, 0.15) is 11.3 Å². The number of carbonyl (C=O) groups excluding carboxylic acids is 2. The lowest BCUT2D eigenvalue weighted by Gasteiger charge is -2.07. The first-order chi connectivity index (χ1) is 14.7. The van der Waals surface area contributed by atoms with Gasteiger partial charge >= 0.3 is 0 Å². The Bertz CT molecular complexity index is 1250. The van der Waals surface area contributed by atoms with Crippen molar-refractivity contribution in [3.8, 4) is 11.5 Å². The predicted molar refractivity (Wildman–Crippen MR) is 113 cm³/mol. The molecule has 0 bridgehead atoms. The van der Waals surface area contributed by atoms with E-state index in [1.54, 1.807) is 30.3 Å². The molecule has 30 heavy (non-hydrogen) atoms. The van der Waals surface area contributed by atoms with E-state index >= 15 is 0 Å². The highest BCUT2D eigenvalue weighted by Gasteiger charge is 2.23. The van der Waals surface area contributed by atoms with Crippen molar-refractivity contribution in [3.05, 3.63) is 70.6 Å². The van der Waals surface area contributed by atoms with Crippen LogP contribution >= 0.6 is 11.3 Å². The molecule has 5 rings (SSSR count). The summed E-state index contributed by atoms with van der Waals surface area (Å²) in [6, 6.07) is 16.1. The first-order valence-corrected chi connectivity index (χ1v) is 10.1. The van der Waals surface area contributed by atoms with Crippen LogP contribution < -0.4 is 20.1 Å². The molecular formula is C22H16N2O5S. The predicted octanol–water partition coefficient (Wildman–Crippen LogP) is 4.66. The number of anilines is 2. The summed E-state index contributed by atoms with van der Waals surface area (Å²) in [6.07, 6.45) is 0.223. The second-order valence-corrected chi connectivity index (χ2v) is 7.66. The number of thiophene rings is 1. The number of carbonyl (C=O) groups is 2. The smallest absolute Gasteiger partial charge is 0.293 e. The van der Waals surface area contributed by atoms with Gasteiger partial charge in [0.05, 0.1) is 6.42 Å². The Kier molecular flexibility index (Phi) is 4.61. The fraction of sp³-hybridized carbons (Fsp3) is 0.0909. The van der Waals surface area contributed by atoms with E-state index in [0.717, 1.165) is 4.88 Å². The summed E-state index contributed by atoms with van der Waals surface area (Å²) in [5.41, 5.74) is 1.39. The van der Waals surface area contributed by atoms with Crippen LogP contribution in [0.2, 0.25) is 0 Å². The van der Waals surface area contributed by atoms with E-state index in [9.17, 15) is 9.59 Å². The Morgan fingerprint density at radius 3 is 2.70 bits per heavy atom. The van der Waals surface area contributed by atoms with Crippen LogP contribution in [-0.2, 0) is 11.2 Å². The maximum absolute atomic E-state index is 13.0. The molecule has 0 aliphatic carbocycles. The third-order valence-corrected chi connectivity index (χ3v) is 5.49. The highest BCUT2D eigenvalue weighted by atomic mass is 32.1. The molecule has 2 amide bonds. The number of amides is 2. The van der Waals surface area contributed by atoms with Gasteiger partial charge in [-0.1, -0.05) is 18.2 Å². The molecule has 0 radical (unpaired) electrons. The van der Waals surface area contributed by atoms with E-state index in [1.165, 1.54) is 11.3 Å². The van der Waals surface area contributed by atoms with Crippen molar-refractivity contribution in [1.82, 2.24) is 0 Å². The lowest BCUT2D eigenvalue weighted by atomic mass is 10.2. The largest absolute Gasteiger partial charge is 0.454 e. The molecule has 150 valence electrons. The zero-order chi connectivity index (χ0) is 20.5. The lowest BCUT2D eigenvalue weighted by Crippen LogP contribution is -2.18. The minimum absolute atomic E-state index is 0.0356. The van der Waals surface area contributed by atoms with Gasteiger partial charge in [-0.05, 0) is 35.7 Å². The Labute approximate surface area is 175 Å². The number of hydrogen-bond acceptors (Lipinski definition) is 6. The van der Waals surface area contributed by atoms with Gasteiger partial charge in [0.15, 0.2) is 11.5 Å². The van der Waals surface area contributed by atoms with Gasteiger partial charge < -0.3 is 24.5 Å². The van der Waals surface area contributed by atoms with Crippen LogP contribution in [0.15, 0.2) is 64.4 Å². The van der Waals surface area contributed by atoms with Crippen molar-refractivity contribution in [2.75, 3.05) is 17.4 Å². The normalized spacial score (nSPS) is 12.1. The van der Waals surface area contributed by atoms with Crippen molar-refractivity contribution in [3.63, 3.8) is 0 Å². The Morgan fingerprint density at radius 1 is 0.967 bits per heavy atom. The molecule has 2 N–H and O–H groups in total. The molecule has 0 saturated carbocycles.